The summed E-state index contributed by atoms with van der Waals surface area (Å²) in [6, 6.07) is -0.150. The van der Waals surface area contributed by atoms with Crippen molar-refractivity contribution in [2.75, 3.05) is 0 Å². The van der Waals surface area contributed by atoms with E-state index in [9.17, 15) is 10.1 Å². The lowest BCUT2D eigenvalue weighted by Gasteiger charge is -2.26. The highest BCUT2D eigenvalue weighted by atomic mass is 16.6. The number of fused-ring (bicyclic) bond motifs is 1. The monoisotopic (exact) mass is 153 g/mol. The summed E-state index contributed by atoms with van der Waals surface area (Å²) in [5, 5.41) is 10.5. The zero-order valence-corrected chi connectivity index (χ0v) is 6.38. The van der Waals surface area contributed by atoms with Crippen LogP contribution in [0.4, 0.5) is 0 Å². The molecule has 11 heavy (non-hydrogen) atoms. The average Bonchev–Trinajstić information content (AvgIpc) is 2.68. The minimum Gasteiger partial charge on any atom is -0.264 e. The van der Waals surface area contributed by atoms with Gasteiger partial charge in [-0.1, -0.05) is 6.42 Å². The Hall–Kier alpha value is -0.600. The van der Waals surface area contributed by atoms with E-state index in [0.717, 1.165) is 6.42 Å². The molecule has 0 aliphatic heterocycles. The molecule has 0 aromatic rings. The first-order valence-corrected chi connectivity index (χ1v) is 4.34. The second-order valence-corrected chi connectivity index (χ2v) is 4.47. The molecule has 3 saturated carbocycles. The lowest BCUT2D eigenvalue weighted by atomic mass is 9.79. The van der Waals surface area contributed by atoms with Gasteiger partial charge in [0.25, 0.3) is 0 Å². The van der Waals surface area contributed by atoms with Gasteiger partial charge in [-0.05, 0) is 24.7 Å². The van der Waals surface area contributed by atoms with Crippen molar-refractivity contribution in [1.29, 1.82) is 0 Å². The Labute approximate surface area is 64.9 Å². The molecule has 0 radical (unpaired) electrons. The quantitative estimate of drug-likeness (QED) is 0.424. The van der Waals surface area contributed by atoms with E-state index in [0.29, 0.717) is 5.41 Å². The topological polar surface area (TPSA) is 43.1 Å². The van der Waals surface area contributed by atoms with E-state index in [1.54, 1.807) is 0 Å². The maximum atomic E-state index is 10.5. The molecule has 0 heterocycles. The number of hydrogen-bond acceptors (Lipinski definition) is 2. The minimum atomic E-state index is -0.150. The zero-order chi connectivity index (χ0) is 7.69. The van der Waals surface area contributed by atoms with Gasteiger partial charge in [-0.3, -0.25) is 10.1 Å². The van der Waals surface area contributed by atoms with Gasteiger partial charge in [0, 0.05) is 11.3 Å². The highest BCUT2D eigenvalue weighted by Gasteiger charge is 2.86. The molecule has 0 saturated heterocycles. The van der Waals surface area contributed by atoms with Crippen molar-refractivity contribution < 1.29 is 4.92 Å². The zero-order valence-electron chi connectivity index (χ0n) is 6.38. The van der Waals surface area contributed by atoms with E-state index < -0.39 is 0 Å². The molecule has 2 spiro atoms. The summed E-state index contributed by atoms with van der Waals surface area (Å²) in [6.45, 7) is 0. The maximum Gasteiger partial charge on any atom is 0.220 e. The molecule has 3 fully saturated rings. The predicted octanol–water partition coefficient (Wildman–Crippen LogP) is 1.60. The third-order valence-electron chi connectivity index (χ3n) is 4.19. The van der Waals surface area contributed by atoms with E-state index in [1.807, 2.05) is 0 Å². The van der Waals surface area contributed by atoms with Crippen molar-refractivity contribution in [3.63, 3.8) is 0 Å². The Balaban J connectivity index is 1.80. The van der Waals surface area contributed by atoms with Crippen LogP contribution in [-0.4, -0.2) is 11.0 Å². The Morgan fingerprint density at radius 2 is 2.18 bits per heavy atom. The van der Waals surface area contributed by atoms with Crippen LogP contribution >= 0.6 is 0 Å². The van der Waals surface area contributed by atoms with Gasteiger partial charge in [-0.2, -0.15) is 0 Å². The first-order valence-electron chi connectivity index (χ1n) is 4.34. The van der Waals surface area contributed by atoms with Crippen LogP contribution in [0.5, 0.6) is 0 Å². The van der Waals surface area contributed by atoms with Crippen molar-refractivity contribution in [3.8, 4) is 0 Å². The summed E-state index contributed by atoms with van der Waals surface area (Å²) in [5.74, 6) is 0. The SMILES string of the molecule is O=[N+]([O-])C1CC12CC21CCC1. The first kappa shape index (κ1) is 5.98. The molecule has 3 aliphatic carbocycles. The van der Waals surface area contributed by atoms with Crippen molar-refractivity contribution in [2.24, 2.45) is 10.8 Å². The van der Waals surface area contributed by atoms with E-state index in [-0.39, 0.29) is 16.4 Å². The summed E-state index contributed by atoms with van der Waals surface area (Å²) in [7, 11) is 0. The van der Waals surface area contributed by atoms with Gasteiger partial charge in [0.1, 0.15) is 0 Å². The van der Waals surface area contributed by atoms with Crippen molar-refractivity contribution in [3.05, 3.63) is 10.1 Å². The molecule has 0 bridgehead atoms. The van der Waals surface area contributed by atoms with Gasteiger partial charge in [0.2, 0.25) is 6.04 Å². The summed E-state index contributed by atoms with van der Waals surface area (Å²) < 4.78 is 0. The molecular weight excluding hydrogens is 142 g/mol. The van der Waals surface area contributed by atoms with E-state index in [2.05, 4.69) is 0 Å². The van der Waals surface area contributed by atoms with E-state index in [1.165, 1.54) is 25.7 Å². The van der Waals surface area contributed by atoms with Crippen LogP contribution in [0, 0.1) is 20.9 Å². The lowest BCUT2D eigenvalue weighted by Crippen LogP contribution is -2.18. The second kappa shape index (κ2) is 1.32. The van der Waals surface area contributed by atoms with Crippen LogP contribution < -0.4 is 0 Å². The van der Waals surface area contributed by atoms with Crippen molar-refractivity contribution >= 4 is 0 Å². The molecule has 60 valence electrons. The molecule has 3 aliphatic rings. The number of rotatable bonds is 1. The highest BCUT2D eigenvalue weighted by Crippen LogP contribution is 2.85. The van der Waals surface area contributed by atoms with Gasteiger partial charge in [0.15, 0.2) is 0 Å². The van der Waals surface area contributed by atoms with E-state index in [4.69, 9.17) is 0 Å². The van der Waals surface area contributed by atoms with Crippen molar-refractivity contribution in [1.82, 2.24) is 0 Å². The normalized spacial score (nSPS) is 48.9. The number of nitrogens with zero attached hydrogens (tertiary/aromatic N) is 1. The smallest absolute Gasteiger partial charge is 0.220 e. The van der Waals surface area contributed by atoms with Gasteiger partial charge in [-0.15, -0.1) is 0 Å². The molecule has 2 unspecified atom stereocenters. The molecule has 0 aromatic carbocycles. The summed E-state index contributed by atoms with van der Waals surface area (Å²) in [6.07, 6.45) is 5.92. The highest BCUT2D eigenvalue weighted by molar-refractivity contribution is 5.30. The fraction of sp³-hybridized carbons (Fsp3) is 1.00. The fourth-order valence-corrected chi connectivity index (χ4v) is 3.16. The van der Waals surface area contributed by atoms with Crippen LogP contribution in [0.3, 0.4) is 0 Å². The maximum absolute atomic E-state index is 10.5. The van der Waals surface area contributed by atoms with Crippen LogP contribution in [-0.2, 0) is 0 Å². The molecule has 0 amide bonds. The Bertz CT molecular complexity index is 246. The molecule has 2 atom stereocenters. The Morgan fingerprint density at radius 3 is 2.45 bits per heavy atom. The molecule has 3 nitrogen and oxygen atoms in total. The summed E-state index contributed by atoms with van der Waals surface area (Å²) in [4.78, 5) is 10.4. The van der Waals surface area contributed by atoms with Crippen LogP contribution in [0.25, 0.3) is 0 Å². The summed E-state index contributed by atoms with van der Waals surface area (Å²) in [5.41, 5.74) is 0.722. The van der Waals surface area contributed by atoms with Gasteiger partial charge >= 0.3 is 0 Å². The second-order valence-electron chi connectivity index (χ2n) is 4.47. The van der Waals surface area contributed by atoms with E-state index >= 15 is 0 Å². The fourth-order valence-electron chi connectivity index (χ4n) is 3.16. The Morgan fingerprint density at radius 1 is 1.45 bits per heavy atom. The molecule has 3 rings (SSSR count). The predicted molar refractivity (Wildman–Crippen MR) is 38.7 cm³/mol. The minimum absolute atomic E-state index is 0.0624. The lowest BCUT2D eigenvalue weighted by molar-refractivity contribution is -0.500. The number of nitro groups is 1. The van der Waals surface area contributed by atoms with Gasteiger partial charge < -0.3 is 0 Å². The third kappa shape index (κ3) is 0.461. The third-order valence-corrected chi connectivity index (χ3v) is 4.19. The Kier molecular flexibility index (Phi) is 0.718. The molecule has 0 N–H and O–H groups in total. The molecule has 3 heteroatoms. The van der Waals surface area contributed by atoms with Crippen LogP contribution in [0.15, 0.2) is 0 Å². The number of hydrogen-bond donors (Lipinski definition) is 0. The van der Waals surface area contributed by atoms with Gasteiger partial charge in [-0.25, -0.2) is 0 Å². The average molecular weight is 153 g/mol. The summed E-state index contributed by atoms with van der Waals surface area (Å²) >= 11 is 0. The first-order chi connectivity index (χ1) is 5.20. The van der Waals surface area contributed by atoms with Crippen LogP contribution in [0.1, 0.15) is 32.1 Å². The van der Waals surface area contributed by atoms with Crippen LogP contribution in [0.2, 0.25) is 0 Å². The largest absolute Gasteiger partial charge is 0.264 e. The molecular formula is C8H11NO2. The van der Waals surface area contributed by atoms with Crippen molar-refractivity contribution in [2.45, 2.75) is 38.1 Å². The molecule has 0 aromatic heterocycles. The van der Waals surface area contributed by atoms with Gasteiger partial charge in [0.05, 0.1) is 5.41 Å². The standard InChI is InChI=1S/C8H11NO2/c10-9(11)6-4-8(6)5-7(8)2-1-3-7/h6H,1-5H2.